The van der Waals surface area contributed by atoms with Crippen molar-refractivity contribution < 1.29 is 42.8 Å². The van der Waals surface area contributed by atoms with Crippen molar-refractivity contribution in [2.75, 3.05) is 13.2 Å². The van der Waals surface area contributed by atoms with Gasteiger partial charge in [0, 0.05) is 0 Å². The maximum absolute atomic E-state index is 13.9. The molecule has 5 rings (SSSR count). The number of fused-ring (bicyclic) bond motifs is 3. The summed E-state index contributed by atoms with van der Waals surface area (Å²) in [5, 5.41) is 0. The summed E-state index contributed by atoms with van der Waals surface area (Å²) in [6.07, 6.45) is 2.74. The van der Waals surface area contributed by atoms with Crippen molar-refractivity contribution in [1.82, 2.24) is 0 Å². The second-order valence-electron chi connectivity index (χ2n) is 14.1. The molecular weight excluding hydrogens is 608 g/mol. The van der Waals surface area contributed by atoms with E-state index in [-0.39, 0.29) is 18.8 Å². The average molecular weight is 658 g/mol. The Labute approximate surface area is 258 Å². The molecule has 0 aromatic rings. The molecule has 0 aromatic carbocycles. The van der Waals surface area contributed by atoms with Crippen molar-refractivity contribution in [2.24, 2.45) is 46.8 Å². The second-order valence-corrected chi connectivity index (χ2v) is 15.4. The third-order valence-corrected chi connectivity index (χ3v) is 12.2. The number of rotatable bonds is 10. The van der Waals surface area contributed by atoms with Crippen LogP contribution in [-0.2, 0) is 42.8 Å². The monoisotopic (exact) mass is 656 g/mol. The van der Waals surface area contributed by atoms with E-state index < -0.39 is 58.9 Å². The molecule has 0 N–H and O–H groups in total. The maximum Gasteiger partial charge on any atom is 0.332 e. The maximum atomic E-state index is 13.9. The van der Waals surface area contributed by atoms with Gasteiger partial charge in [0.2, 0.25) is 12.6 Å². The summed E-state index contributed by atoms with van der Waals surface area (Å²) in [7, 11) is 0. The van der Waals surface area contributed by atoms with E-state index in [2.05, 4.69) is 57.5 Å². The Balaban J connectivity index is 1.43. The molecule has 0 unspecified atom stereocenters. The fourth-order valence-electron chi connectivity index (χ4n) is 8.36. The molecule has 3 aliphatic carbocycles. The Kier molecular flexibility index (Phi) is 9.41. The van der Waals surface area contributed by atoms with Gasteiger partial charge in [-0.1, -0.05) is 70.3 Å². The van der Waals surface area contributed by atoms with Crippen LogP contribution in [0.25, 0.3) is 0 Å². The van der Waals surface area contributed by atoms with Gasteiger partial charge in [0.1, 0.15) is 18.1 Å². The predicted molar refractivity (Wildman–Crippen MR) is 156 cm³/mol. The molecule has 1 spiro atoms. The van der Waals surface area contributed by atoms with E-state index in [1.54, 1.807) is 6.92 Å². The fourth-order valence-corrected chi connectivity index (χ4v) is 9.55. The Hall–Kier alpha value is -1.23. The Morgan fingerprint density at radius 2 is 1.40 bits per heavy atom. The van der Waals surface area contributed by atoms with Crippen LogP contribution in [0.1, 0.15) is 87.0 Å². The lowest BCUT2D eigenvalue weighted by Gasteiger charge is -2.39. The van der Waals surface area contributed by atoms with Crippen molar-refractivity contribution in [3.8, 4) is 0 Å². The summed E-state index contributed by atoms with van der Waals surface area (Å²) in [4.78, 5) is 39.8. The van der Waals surface area contributed by atoms with Gasteiger partial charge in [-0.2, -0.15) is 0 Å². The second kappa shape index (κ2) is 12.3. The van der Waals surface area contributed by atoms with Gasteiger partial charge in [-0.05, 0) is 68.1 Å². The number of hydrogen-bond donors (Lipinski definition) is 0. The largest absolute Gasteiger partial charge is 0.464 e. The standard InChI is InChI=1S/C32H49BrO9/c1-8-37-24(34)15-38-26-28(40-23-14-19(7)10-12-21(23)17(4)5)42-29(35)31(26)25-27(41-30(36)32(25,31)33)39-22-13-18(6)9-11-20(22)16(2)3/h16-23,25-28H,8-15H2,1-7H3/t18-,19-,20+,21+,22-,23-,25-,26+,27-,28-,31-,32-/m1/s1. The van der Waals surface area contributed by atoms with E-state index in [0.717, 1.165) is 38.5 Å². The zero-order valence-electron chi connectivity index (χ0n) is 26.1. The molecule has 42 heavy (non-hydrogen) atoms. The number of ether oxygens (including phenoxy) is 6. The van der Waals surface area contributed by atoms with E-state index in [4.69, 9.17) is 28.4 Å². The molecule has 0 amide bonds. The lowest BCUT2D eigenvalue weighted by molar-refractivity contribution is -0.219. The van der Waals surface area contributed by atoms with Crippen molar-refractivity contribution in [2.45, 2.75) is 122 Å². The number of halogens is 1. The van der Waals surface area contributed by atoms with Crippen LogP contribution < -0.4 is 0 Å². The van der Waals surface area contributed by atoms with Gasteiger partial charge in [-0.3, -0.25) is 9.59 Å². The molecule has 2 saturated heterocycles. The molecule has 2 heterocycles. The van der Waals surface area contributed by atoms with E-state index >= 15 is 0 Å². The summed E-state index contributed by atoms with van der Waals surface area (Å²) in [5.74, 6) is -0.0300. The first-order valence-corrected chi connectivity index (χ1v) is 16.8. The number of hydrogen-bond acceptors (Lipinski definition) is 9. The quantitative estimate of drug-likeness (QED) is 0.173. The summed E-state index contributed by atoms with van der Waals surface area (Å²) < 4.78 is 34.8. The van der Waals surface area contributed by atoms with Crippen LogP contribution in [0, 0.1) is 46.8 Å². The third-order valence-electron chi connectivity index (χ3n) is 10.7. The molecule has 238 valence electrons. The van der Waals surface area contributed by atoms with Crippen LogP contribution in [0.3, 0.4) is 0 Å². The first-order valence-electron chi connectivity index (χ1n) is 16.0. The van der Waals surface area contributed by atoms with Crippen LogP contribution >= 0.6 is 15.9 Å². The zero-order chi connectivity index (χ0) is 30.6. The molecule has 10 heteroatoms. The highest BCUT2D eigenvalue weighted by Crippen LogP contribution is 2.78. The van der Waals surface area contributed by atoms with Crippen molar-refractivity contribution >= 4 is 33.8 Å². The molecule has 0 radical (unpaired) electrons. The molecule has 0 aromatic heterocycles. The topological polar surface area (TPSA) is 107 Å². The molecule has 5 aliphatic rings. The highest BCUT2D eigenvalue weighted by Gasteiger charge is 2.97. The van der Waals surface area contributed by atoms with Crippen molar-refractivity contribution in [1.29, 1.82) is 0 Å². The zero-order valence-corrected chi connectivity index (χ0v) is 27.7. The minimum atomic E-state index is -1.44. The summed E-state index contributed by atoms with van der Waals surface area (Å²) in [6.45, 7) is 14.7. The SMILES string of the molecule is CCOC(=O)CO[C@H]1[C@H](O[C@@H]2C[C@H](C)CC[C@H]2C(C)C)OC(=O)[C@@]12[C@H]1[C@H](O[C@@H]3C[C@H](C)CC[C@H]3C(C)C)OC(=O)[C@]12Br. The minimum absolute atomic E-state index is 0.0991. The Morgan fingerprint density at radius 3 is 1.93 bits per heavy atom. The molecule has 3 saturated carbocycles. The Bertz CT molecular complexity index is 1030. The number of esters is 3. The fraction of sp³-hybridized carbons (Fsp3) is 0.906. The van der Waals surface area contributed by atoms with Gasteiger partial charge in [0.05, 0.1) is 24.7 Å². The number of cyclic esters (lactones) is 2. The summed E-state index contributed by atoms with van der Waals surface area (Å²) in [5.41, 5.74) is -1.44. The number of carbonyl (C=O) groups is 3. The lowest BCUT2D eigenvalue weighted by atomic mass is 9.75. The van der Waals surface area contributed by atoms with Gasteiger partial charge in [0.25, 0.3) is 0 Å². The van der Waals surface area contributed by atoms with Crippen LogP contribution in [0.4, 0.5) is 0 Å². The van der Waals surface area contributed by atoms with E-state index in [1.165, 1.54) is 0 Å². The molecule has 9 nitrogen and oxygen atoms in total. The highest BCUT2D eigenvalue weighted by molar-refractivity contribution is 9.10. The average Bonchev–Trinajstić information content (AvgIpc) is 3.25. The summed E-state index contributed by atoms with van der Waals surface area (Å²) >= 11 is 3.64. The van der Waals surface area contributed by atoms with E-state index in [1.807, 2.05) is 0 Å². The Morgan fingerprint density at radius 1 is 0.881 bits per heavy atom. The highest BCUT2D eigenvalue weighted by atomic mass is 79.9. The smallest absolute Gasteiger partial charge is 0.332 e. The molecular formula is C32H49BrO9. The minimum Gasteiger partial charge on any atom is -0.464 e. The lowest BCUT2D eigenvalue weighted by Crippen LogP contribution is -2.46. The van der Waals surface area contributed by atoms with Crippen LogP contribution in [0.2, 0.25) is 0 Å². The van der Waals surface area contributed by atoms with E-state index in [0.29, 0.717) is 35.5 Å². The molecule has 2 aliphatic heterocycles. The van der Waals surface area contributed by atoms with Gasteiger partial charge >= 0.3 is 17.9 Å². The molecule has 12 atom stereocenters. The molecule has 0 bridgehead atoms. The number of alkyl halides is 1. The predicted octanol–water partition coefficient (Wildman–Crippen LogP) is 5.41. The number of carbonyl (C=O) groups excluding carboxylic acids is 3. The van der Waals surface area contributed by atoms with Crippen molar-refractivity contribution in [3.05, 3.63) is 0 Å². The van der Waals surface area contributed by atoms with Crippen molar-refractivity contribution in [3.63, 3.8) is 0 Å². The van der Waals surface area contributed by atoms with E-state index in [9.17, 15) is 14.4 Å². The van der Waals surface area contributed by atoms with Gasteiger partial charge in [0.15, 0.2) is 4.32 Å². The van der Waals surface area contributed by atoms with Gasteiger partial charge < -0.3 is 28.4 Å². The van der Waals surface area contributed by atoms with Crippen LogP contribution in [-0.4, -0.2) is 66.3 Å². The van der Waals surface area contributed by atoms with Crippen LogP contribution in [0.15, 0.2) is 0 Å². The van der Waals surface area contributed by atoms with Gasteiger partial charge in [-0.15, -0.1) is 0 Å². The van der Waals surface area contributed by atoms with Gasteiger partial charge in [-0.25, -0.2) is 4.79 Å². The third kappa shape index (κ3) is 5.34. The normalized spacial score (nSPS) is 44.8. The molecule has 5 fully saturated rings. The van der Waals surface area contributed by atoms with Crippen LogP contribution in [0.5, 0.6) is 0 Å². The summed E-state index contributed by atoms with van der Waals surface area (Å²) in [6, 6.07) is 0. The first-order chi connectivity index (χ1) is 19.9. The first kappa shape index (κ1) is 32.2.